The molecule has 30 heavy (non-hydrogen) atoms. The standard InChI is InChI=1S/C22H19NO5S2/c1-28-30(26,27)14-16-8-11-19-20(12-16)18-4-2-3-5-21(18)23-22(19)17-9-6-15(7-10-17)13-29(24)25/h2-12H,13-14H2,1H3,(H,24,25). The first-order valence-electron chi connectivity index (χ1n) is 9.13. The fraction of sp³-hybridized carbons (Fsp3) is 0.136. The molecule has 0 saturated heterocycles. The molecule has 0 radical (unpaired) electrons. The summed E-state index contributed by atoms with van der Waals surface area (Å²) in [5.41, 5.74) is 3.83. The molecule has 0 aliphatic rings. The van der Waals surface area contributed by atoms with E-state index in [9.17, 15) is 12.6 Å². The molecular formula is C22H19NO5S2. The predicted molar refractivity (Wildman–Crippen MR) is 119 cm³/mol. The maximum Gasteiger partial charge on any atom is 0.271 e. The predicted octanol–water partition coefficient (Wildman–Crippen LogP) is 4.25. The molecule has 3 aromatic carbocycles. The SMILES string of the molecule is COS(=O)(=O)Cc1ccc2c(-c3ccc(CS(=O)O)cc3)nc3ccccc3c2c1. The van der Waals surface area contributed by atoms with Crippen LogP contribution in [-0.2, 0) is 36.9 Å². The lowest BCUT2D eigenvalue weighted by Gasteiger charge is -2.12. The largest absolute Gasteiger partial charge is 0.306 e. The molecule has 1 aromatic heterocycles. The van der Waals surface area contributed by atoms with E-state index in [1.54, 1.807) is 6.07 Å². The van der Waals surface area contributed by atoms with Gasteiger partial charge in [0, 0.05) is 16.3 Å². The van der Waals surface area contributed by atoms with Gasteiger partial charge in [-0.05, 0) is 28.6 Å². The van der Waals surface area contributed by atoms with Crippen molar-refractivity contribution < 1.29 is 21.4 Å². The minimum atomic E-state index is -3.63. The van der Waals surface area contributed by atoms with Crippen LogP contribution in [0.5, 0.6) is 0 Å². The minimum Gasteiger partial charge on any atom is -0.306 e. The van der Waals surface area contributed by atoms with E-state index in [0.717, 1.165) is 45.6 Å². The summed E-state index contributed by atoms with van der Waals surface area (Å²) < 4.78 is 48.5. The Morgan fingerprint density at radius 2 is 1.63 bits per heavy atom. The van der Waals surface area contributed by atoms with E-state index >= 15 is 0 Å². The second-order valence-electron chi connectivity index (χ2n) is 6.89. The molecule has 0 fully saturated rings. The molecule has 1 atom stereocenters. The van der Waals surface area contributed by atoms with Gasteiger partial charge in [-0.25, -0.2) is 9.19 Å². The summed E-state index contributed by atoms with van der Waals surface area (Å²) in [7, 11) is -2.48. The average molecular weight is 442 g/mol. The van der Waals surface area contributed by atoms with E-state index in [0.29, 0.717) is 5.56 Å². The van der Waals surface area contributed by atoms with Crippen LogP contribution >= 0.6 is 0 Å². The van der Waals surface area contributed by atoms with Gasteiger partial charge in [0.1, 0.15) is 5.75 Å². The van der Waals surface area contributed by atoms with Crippen molar-refractivity contribution >= 4 is 42.9 Å². The molecular weight excluding hydrogens is 422 g/mol. The molecule has 0 saturated carbocycles. The van der Waals surface area contributed by atoms with Crippen LogP contribution in [0.3, 0.4) is 0 Å². The smallest absolute Gasteiger partial charge is 0.271 e. The Hall–Kier alpha value is -2.65. The molecule has 8 heteroatoms. The highest BCUT2D eigenvalue weighted by molar-refractivity contribution is 7.85. The van der Waals surface area contributed by atoms with Crippen LogP contribution in [0, 0.1) is 0 Å². The summed E-state index contributed by atoms with van der Waals surface area (Å²) in [6.07, 6.45) is 0. The van der Waals surface area contributed by atoms with E-state index in [1.165, 1.54) is 0 Å². The van der Waals surface area contributed by atoms with Crippen molar-refractivity contribution in [3.63, 3.8) is 0 Å². The highest BCUT2D eigenvalue weighted by atomic mass is 32.2. The van der Waals surface area contributed by atoms with E-state index in [2.05, 4.69) is 4.18 Å². The zero-order valence-corrected chi connectivity index (χ0v) is 17.7. The van der Waals surface area contributed by atoms with Crippen LogP contribution in [0.1, 0.15) is 11.1 Å². The lowest BCUT2D eigenvalue weighted by molar-refractivity contribution is 0.397. The molecule has 1 heterocycles. The van der Waals surface area contributed by atoms with Crippen molar-refractivity contribution in [2.75, 3.05) is 7.11 Å². The third kappa shape index (κ3) is 4.27. The molecule has 6 nitrogen and oxygen atoms in total. The number of rotatable bonds is 6. The molecule has 0 bridgehead atoms. The van der Waals surface area contributed by atoms with E-state index < -0.39 is 21.2 Å². The Balaban J connectivity index is 1.90. The van der Waals surface area contributed by atoms with Crippen LogP contribution in [-0.4, -0.2) is 29.3 Å². The zero-order valence-electron chi connectivity index (χ0n) is 16.1. The number of nitrogens with zero attached hydrogens (tertiary/aromatic N) is 1. The maximum atomic E-state index is 11.9. The summed E-state index contributed by atoms with van der Waals surface area (Å²) in [5, 5.41) is 2.73. The van der Waals surface area contributed by atoms with Gasteiger partial charge < -0.3 is 4.55 Å². The fourth-order valence-corrected chi connectivity index (χ4v) is 4.66. The highest BCUT2D eigenvalue weighted by Gasteiger charge is 2.14. The molecule has 0 spiro atoms. The minimum absolute atomic E-state index is 0.0729. The molecule has 1 N–H and O–H groups in total. The van der Waals surface area contributed by atoms with E-state index in [1.807, 2.05) is 60.7 Å². The lowest BCUT2D eigenvalue weighted by Crippen LogP contribution is -2.05. The Morgan fingerprint density at radius 3 is 2.33 bits per heavy atom. The molecule has 0 aliphatic heterocycles. The molecule has 4 rings (SSSR count). The molecule has 154 valence electrons. The van der Waals surface area contributed by atoms with Crippen molar-refractivity contribution in [1.29, 1.82) is 0 Å². The lowest BCUT2D eigenvalue weighted by atomic mass is 9.98. The summed E-state index contributed by atoms with van der Waals surface area (Å²) in [6, 6.07) is 20.6. The monoisotopic (exact) mass is 441 g/mol. The number of pyridine rings is 1. The van der Waals surface area contributed by atoms with Crippen molar-refractivity contribution in [2.45, 2.75) is 11.5 Å². The number of aromatic nitrogens is 1. The number of para-hydroxylation sites is 1. The first-order chi connectivity index (χ1) is 14.4. The fourth-order valence-electron chi connectivity index (χ4n) is 3.47. The highest BCUT2D eigenvalue weighted by Crippen LogP contribution is 2.33. The van der Waals surface area contributed by atoms with Gasteiger partial charge in [-0.15, -0.1) is 0 Å². The van der Waals surface area contributed by atoms with Crippen LogP contribution in [0.4, 0.5) is 0 Å². The van der Waals surface area contributed by atoms with E-state index in [-0.39, 0.29) is 11.5 Å². The summed E-state index contributed by atoms with van der Waals surface area (Å²) in [4.78, 5) is 4.83. The Bertz CT molecular complexity index is 1370. The van der Waals surface area contributed by atoms with Gasteiger partial charge in [0.05, 0.1) is 24.1 Å². The van der Waals surface area contributed by atoms with Gasteiger partial charge in [-0.3, -0.25) is 4.18 Å². The Morgan fingerprint density at radius 1 is 0.933 bits per heavy atom. The first kappa shape index (κ1) is 20.6. The van der Waals surface area contributed by atoms with E-state index in [4.69, 9.17) is 9.54 Å². The number of fused-ring (bicyclic) bond motifs is 3. The average Bonchev–Trinajstić information content (AvgIpc) is 2.73. The molecule has 1 unspecified atom stereocenters. The summed E-state index contributed by atoms with van der Waals surface area (Å²) >= 11 is -1.90. The van der Waals surface area contributed by atoms with Crippen molar-refractivity contribution in [3.8, 4) is 11.3 Å². The zero-order chi connectivity index (χ0) is 21.3. The van der Waals surface area contributed by atoms with Gasteiger partial charge >= 0.3 is 0 Å². The first-order valence-corrected chi connectivity index (χ1v) is 12.0. The summed E-state index contributed by atoms with van der Waals surface area (Å²) in [5.74, 6) is -0.137. The topological polar surface area (TPSA) is 93.6 Å². The van der Waals surface area contributed by atoms with Gasteiger partial charge in [-0.1, -0.05) is 54.6 Å². The second-order valence-corrected chi connectivity index (χ2v) is 9.56. The quantitative estimate of drug-likeness (QED) is 0.273. The molecule has 0 aliphatic carbocycles. The Labute approximate surface area is 176 Å². The van der Waals surface area contributed by atoms with Crippen molar-refractivity contribution in [2.24, 2.45) is 0 Å². The third-order valence-electron chi connectivity index (χ3n) is 4.88. The van der Waals surface area contributed by atoms with Gasteiger partial charge in [0.15, 0.2) is 11.1 Å². The summed E-state index contributed by atoms with van der Waals surface area (Å²) in [6.45, 7) is 0. The van der Waals surface area contributed by atoms with Crippen LogP contribution in [0.25, 0.3) is 32.9 Å². The number of hydrogen-bond donors (Lipinski definition) is 1. The Kier molecular flexibility index (Phi) is 5.66. The van der Waals surface area contributed by atoms with Crippen LogP contribution < -0.4 is 0 Å². The normalized spacial score (nSPS) is 13.0. The van der Waals surface area contributed by atoms with Crippen molar-refractivity contribution in [3.05, 3.63) is 77.9 Å². The van der Waals surface area contributed by atoms with Gasteiger partial charge in [0.2, 0.25) is 0 Å². The second kappa shape index (κ2) is 8.23. The number of benzene rings is 3. The van der Waals surface area contributed by atoms with Gasteiger partial charge in [0.25, 0.3) is 10.1 Å². The number of hydrogen-bond acceptors (Lipinski definition) is 5. The van der Waals surface area contributed by atoms with Gasteiger partial charge in [-0.2, -0.15) is 8.42 Å². The third-order valence-corrected chi connectivity index (χ3v) is 6.66. The molecule has 0 amide bonds. The van der Waals surface area contributed by atoms with Crippen molar-refractivity contribution in [1.82, 2.24) is 4.98 Å². The molecule has 4 aromatic rings. The van der Waals surface area contributed by atoms with Crippen LogP contribution in [0.15, 0.2) is 66.7 Å². The maximum absolute atomic E-state index is 11.9. The van der Waals surface area contributed by atoms with Crippen LogP contribution in [0.2, 0.25) is 0 Å².